The molecule has 0 radical (unpaired) electrons. The summed E-state index contributed by atoms with van der Waals surface area (Å²) in [5.41, 5.74) is 2.86. The number of rotatable bonds is 3. The molecule has 2 bridgehead atoms. The highest BCUT2D eigenvalue weighted by molar-refractivity contribution is 7.91. The van der Waals surface area contributed by atoms with Crippen LogP contribution >= 0.6 is 22.9 Å². The monoisotopic (exact) mass is 446 g/mol. The first-order valence-electron chi connectivity index (χ1n) is 9.47. The van der Waals surface area contributed by atoms with Crippen LogP contribution in [0.25, 0.3) is 11.1 Å². The Hall–Kier alpha value is -1.93. The van der Waals surface area contributed by atoms with Crippen molar-refractivity contribution < 1.29 is 8.42 Å². The van der Waals surface area contributed by atoms with E-state index >= 15 is 0 Å². The number of nitrogens with zero attached hydrogens (tertiary/aromatic N) is 2. The van der Waals surface area contributed by atoms with Gasteiger partial charge in [-0.3, -0.25) is 4.79 Å². The molecule has 5 rings (SSSR count). The lowest BCUT2D eigenvalue weighted by molar-refractivity contribution is 0.187. The summed E-state index contributed by atoms with van der Waals surface area (Å²) in [6.07, 6.45) is 0.889. The van der Waals surface area contributed by atoms with Gasteiger partial charge in [0.2, 0.25) is 0 Å². The number of hydrogen-bond donors (Lipinski definition) is 0. The normalized spacial score (nSPS) is 21.7. The average Bonchev–Trinajstić information content (AvgIpc) is 3.25. The topological polar surface area (TPSA) is 59.4 Å². The predicted octanol–water partition coefficient (Wildman–Crippen LogP) is 4.04. The number of aromatic nitrogens is 1. The standard InChI is InChI=1S/C21H19ClN2O3S2/c22-17-5-3-15(4-6-17)18-7-8-19(25)24-12-14-10-16(21(18)24)13-23(11-14)29(26,27)20-2-1-9-28-20/h1-9,14,16H,10-13H2/t14-,16+/m0/s1. The van der Waals surface area contributed by atoms with Crippen molar-refractivity contribution >= 4 is 33.0 Å². The molecular formula is C21H19ClN2O3S2. The van der Waals surface area contributed by atoms with Gasteiger partial charge in [-0.1, -0.05) is 29.8 Å². The van der Waals surface area contributed by atoms with Gasteiger partial charge in [0.15, 0.2) is 0 Å². The number of fused-ring (bicyclic) bond motifs is 4. The zero-order chi connectivity index (χ0) is 20.2. The molecule has 0 unspecified atom stereocenters. The van der Waals surface area contributed by atoms with Crippen LogP contribution in [0.4, 0.5) is 0 Å². The fourth-order valence-corrected chi connectivity index (χ4v) is 7.41. The Morgan fingerprint density at radius 3 is 2.52 bits per heavy atom. The van der Waals surface area contributed by atoms with Crippen LogP contribution in [-0.2, 0) is 16.6 Å². The Balaban J connectivity index is 1.59. The second kappa shape index (κ2) is 7.09. The average molecular weight is 447 g/mol. The van der Waals surface area contributed by atoms with Crippen molar-refractivity contribution in [2.45, 2.75) is 23.1 Å². The minimum absolute atomic E-state index is 0.0168. The third-order valence-electron chi connectivity index (χ3n) is 5.80. The third kappa shape index (κ3) is 3.26. The molecule has 0 aliphatic carbocycles. The van der Waals surface area contributed by atoms with Gasteiger partial charge in [0.25, 0.3) is 15.6 Å². The van der Waals surface area contributed by atoms with Gasteiger partial charge in [0.05, 0.1) is 0 Å². The van der Waals surface area contributed by atoms with E-state index in [0.717, 1.165) is 23.2 Å². The number of halogens is 1. The van der Waals surface area contributed by atoms with Crippen LogP contribution in [0.1, 0.15) is 18.0 Å². The summed E-state index contributed by atoms with van der Waals surface area (Å²) in [4.78, 5) is 12.6. The zero-order valence-corrected chi connectivity index (χ0v) is 17.9. The maximum atomic E-state index is 13.1. The van der Waals surface area contributed by atoms with E-state index in [1.807, 2.05) is 34.9 Å². The quantitative estimate of drug-likeness (QED) is 0.610. The first-order valence-corrected chi connectivity index (χ1v) is 12.2. The SMILES string of the molecule is O=c1ccc(-c2ccc(Cl)cc2)c2n1C[C@H]1C[C@@H]2CN(S(=O)(=O)c2cccs2)C1. The molecule has 150 valence electrons. The Morgan fingerprint density at radius 1 is 1.00 bits per heavy atom. The Morgan fingerprint density at radius 2 is 1.79 bits per heavy atom. The van der Waals surface area contributed by atoms with E-state index < -0.39 is 10.0 Å². The minimum atomic E-state index is -3.51. The molecule has 4 heterocycles. The van der Waals surface area contributed by atoms with Gasteiger partial charge in [-0.05, 0) is 47.5 Å². The smallest absolute Gasteiger partial charge is 0.252 e. The Bertz CT molecular complexity index is 1220. The van der Waals surface area contributed by atoms with Gasteiger partial charge >= 0.3 is 0 Å². The number of sulfonamides is 1. The van der Waals surface area contributed by atoms with Gasteiger partial charge in [-0.2, -0.15) is 4.31 Å². The van der Waals surface area contributed by atoms with Crippen LogP contribution in [-0.4, -0.2) is 30.4 Å². The van der Waals surface area contributed by atoms with Crippen molar-refractivity contribution in [3.8, 4) is 11.1 Å². The molecule has 2 aliphatic rings. The zero-order valence-electron chi connectivity index (χ0n) is 15.5. The summed E-state index contributed by atoms with van der Waals surface area (Å²) in [6, 6.07) is 14.4. The molecular weight excluding hydrogens is 428 g/mol. The summed E-state index contributed by atoms with van der Waals surface area (Å²) >= 11 is 7.29. The molecule has 1 saturated heterocycles. The largest absolute Gasteiger partial charge is 0.311 e. The number of benzene rings is 1. The van der Waals surface area contributed by atoms with Crippen LogP contribution in [0.15, 0.2) is 62.9 Å². The first-order chi connectivity index (χ1) is 13.9. The van der Waals surface area contributed by atoms with E-state index in [1.165, 1.54) is 11.3 Å². The molecule has 2 atom stereocenters. The molecule has 2 aliphatic heterocycles. The molecule has 0 N–H and O–H groups in total. The third-order valence-corrected chi connectivity index (χ3v) is 9.26. The van der Waals surface area contributed by atoms with E-state index in [2.05, 4.69) is 0 Å². The number of hydrogen-bond acceptors (Lipinski definition) is 4. The molecule has 3 aromatic rings. The van der Waals surface area contributed by atoms with Crippen molar-refractivity contribution in [2.24, 2.45) is 5.92 Å². The highest BCUT2D eigenvalue weighted by Gasteiger charge is 2.40. The van der Waals surface area contributed by atoms with Gasteiger partial charge in [-0.15, -0.1) is 11.3 Å². The van der Waals surface area contributed by atoms with Gasteiger partial charge in [0.1, 0.15) is 4.21 Å². The fraction of sp³-hybridized carbons (Fsp3) is 0.286. The van der Waals surface area contributed by atoms with Gasteiger partial charge < -0.3 is 4.57 Å². The molecule has 0 spiro atoms. The van der Waals surface area contributed by atoms with Crippen molar-refractivity contribution in [2.75, 3.05) is 13.1 Å². The van der Waals surface area contributed by atoms with Crippen LogP contribution < -0.4 is 5.56 Å². The molecule has 5 nitrogen and oxygen atoms in total. The molecule has 8 heteroatoms. The van der Waals surface area contributed by atoms with E-state index in [4.69, 9.17) is 11.6 Å². The number of thiophene rings is 1. The van der Waals surface area contributed by atoms with Crippen molar-refractivity contribution in [1.29, 1.82) is 0 Å². The first kappa shape index (κ1) is 19.1. The van der Waals surface area contributed by atoms with Crippen molar-refractivity contribution in [1.82, 2.24) is 8.87 Å². The lowest BCUT2D eigenvalue weighted by atomic mass is 9.81. The van der Waals surface area contributed by atoms with Crippen LogP contribution in [0.5, 0.6) is 0 Å². The molecule has 2 aromatic heterocycles. The Kier molecular flexibility index (Phi) is 4.66. The molecule has 0 amide bonds. The lowest BCUT2D eigenvalue weighted by Crippen LogP contribution is -2.49. The second-order valence-electron chi connectivity index (χ2n) is 7.64. The predicted molar refractivity (Wildman–Crippen MR) is 115 cm³/mol. The maximum Gasteiger partial charge on any atom is 0.252 e. The van der Waals surface area contributed by atoms with E-state index in [1.54, 1.807) is 27.9 Å². The molecule has 29 heavy (non-hydrogen) atoms. The highest BCUT2D eigenvalue weighted by atomic mass is 35.5. The second-order valence-corrected chi connectivity index (χ2v) is 11.2. The molecule has 0 saturated carbocycles. The molecule has 1 aromatic carbocycles. The minimum Gasteiger partial charge on any atom is -0.311 e. The summed E-state index contributed by atoms with van der Waals surface area (Å²) in [6.45, 7) is 1.39. The van der Waals surface area contributed by atoms with Crippen LogP contribution in [0.2, 0.25) is 5.02 Å². The summed E-state index contributed by atoms with van der Waals surface area (Å²) < 4.78 is 30.0. The highest BCUT2D eigenvalue weighted by Crippen LogP contribution is 2.41. The molecule has 1 fully saturated rings. The van der Waals surface area contributed by atoms with E-state index in [-0.39, 0.29) is 17.4 Å². The van der Waals surface area contributed by atoms with Crippen molar-refractivity contribution in [3.05, 3.63) is 75.0 Å². The summed E-state index contributed by atoms with van der Waals surface area (Å²) in [5, 5.41) is 2.44. The van der Waals surface area contributed by atoms with Crippen LogP contribution in [0, 0.1) is 5.92 Å². The maximum absolute atomic E-state index is 13.1. The van der Waals surface area contributed by atoms with E-state index in [9.17, 15) is 13.2 Å². The summed E-state index contributed by atoms with van der Waals surface area (Å²) in [7, 11) is -3.51. The Labute approximate surface area is 178 Å². The lowest BCUT2D eigenvalue weighted by Gasteiger charge is -2.42. The van der Waals surface area contributed by atoms with Crippen LogP contribution in [0.3, 0.4) is 0 Å². The van der Waals surface area contributed by atoms with E-state index in [0.29, 0.717) is 28.9 Å². The number of pyridine rings is 1. The number of piperidine rings is 1. The van der Waals surface area contributed by atoms with Gasteiger partial charge in [-0.25, -0.2) is 8.42 Å². The van der Waals surface area contributed by atoms with Crippen molar-refractivity contribution in [3.63, 3.8) is 0 Å². The fourth-order valence-electron chi connectivity index (χ4n) is 4.58. The summed E-state index contributed by atoms with van der Waals surface area (Å²) in [5.74, 6) is 0.117. The van der Waals surface area contributed by atoms with Gasteiger partial charge in [0, 0.05) is 47.9 Å².